The molecular weight excluding hydrogens is 332 g/mol. The lowest BCUT2D eigenvalue weighted by molar-refractivity contribution is -0.145. The van der Waals surface area contributed by atoms with E-state index >= 15 is 0 Å². The van der Waals surface area contributed by atoms with Gasteiger partial charge in [0.05, 0.1) is 25.3 Å². The number of hydrogen-bond donors (Lipinski definition) is 0. The Labute approximate surface area is 152 Å². The number of nitrogens with zero attached hydrogens (tertiary/aromatic N) is 2. The van der Waals surface area contributed by atoms with Crippen molar-refractivity contribution in [2.24, 2.45) is 5.92 Å². The van der Waals surface area contributed by atoms with E-state index in [4.69, 9.17) is 14.1 Å². The number of aromatic nitrogens is 1. The van der Waals surface area contributed by atoms with E-state index < -0.39 is 8.32 Å². The highest BCUT2D eigenvalue weighted by Crippen LogP contribution is 2.37. The lowest BCUT2D eigenvalue weighted by Gasteiger charge is -2.36. The van der Waals surface area contributed by atoms with Crippen LogP contribution >= 0.6 is 0 Å². The van der Waals surface area contributed by atoms with E-state index in [9.17, 15) is 4.79 Å². The zero-order valence-electron chi connectivity index (χ0n) is 16.5. The smallest absolute Gasteiger partial charge is 0.310 e. The molecule has 0 bridgehead atoms. The number of anilines is 1. The first-order chi connectivity index (χ1) is 11.6. The third-order valence-electron chi connectivity index (χ3n) is 5.46. The van der Waals surface area contributed by atoms with Crippen molar-refractivity contribution < 1.29 is 14.0 Å². The third-order valence-corrected chi connectivity index (χ3v) is 9.94. The second-order valence-electron chi connectivity index (χ2n) is 8.34. The molecule has 1 aliphatic rings. The fourth-order valence-electron chi connectivity index (χ4n) is 2.74. The van der Waals surface area contributed by atoms with Gasteiger partial charge in [-0.3, -0.25) is 4.79 Å². The average Bonchev–Trinajstić information content (AvgIpc) is 2.59. The van der Waals surface area contributed by atoms with Gasteiger partial charge in [0.25, 0.3) is 0 Å². The van der Waals surface area contributed by atoms with Crippen LogP contribution in [0.15, 0.2) is 18.2 Å². The molecule has 6 heteroatoms. The van der Waals surface area contributed by atoms with Crippen LogP contribution in [0.2, 0.25) is 18.1 Å². The van der Waals surface area contributed by atoms with Crippen LogP contribution in [0.25, 0.3) is 0 Å². The molecule has 1 aromatic heterocycles. The van der Waals surface area contributed by atoms with Crippen LogP contribution in [0, 0.1) is 5.92 Å². The number of hydrogen-bond acceptors (Lipinski definition) is 5. The molecule has 1 aromatic rings. The number of methoxy groups -OCH3 is 1. The number of piperidine rings is 1. The summed E-state index contributed by atoms with van der Waals surface area (Å²) in [6.45, 7) is 13.4. The minimum Gasteiger partial charge on any atom is -0.469 e. The van der Waals surface area contributed by atoms with Crippen molar-refractivity contribution in [1.29, 1.82) is 0 Å². The molecular formula is C19H32N2O3Si. The molecule has 1 atom stereocenters. The summed E-state index contributed by atoms with van der Waals surface area (Å²) in [4.78, 5) is 18.8. The van der Waals surface area contributed by atoms with Gasteiger partial charge in [0.1, 0.15) is 5.82 Å². The summed E-state index contributed by atoms with van der Waals surface area (Å²) in [5.41, 5.74) is 0.947. The number of ether oxygens (including phenoxy) is 1. The van der Waals surface area contributed by atoms with Gasteiger partial charge in [0.2, 0.25) is 0 Å². The summed E-state index contributed by atoms with van der Waals surface area (Å²) in [5.74, 6) is 0.736. The Morgan fingerprint density at radius 1 is 1.36 bits per heavy atom. The van der Waals surface area contributed by atoms with Crippen LogP contribution < -0.4 is 4.90 Å². The first-order valence-electron chi connectivity index (χ1n) is 9.07. The van der Waals surface area contributed by atoms with Crippen LogP contribution in [0.4, 0.5) is 5.82 Å². The average molecular weight is 365 g/mol. The Bertz CT molecular complexity index is 599. The maximum Gasteiger partial charge on any atom is 0.310 e. The second-order valence-corrected chi connectivity index (χ2v) is 13.2. The van der Waals surface area contributed by atoms with E-state index in [1.54, 1.807) is 0 Å². The van der Waals surface area contributed by atoms with Gasteiger partial charge in [-0.25, -0.2) is 4.98 Å². The molecule has 140 valence electrons. The fraction of sp³-hybridized carbons (Fsp3) is 0.684. The molecule has 0 aliphatic carbocycles. The van der Waals surface area contributed by atoms with Crippen molar-refractivity contribution in [2.75, 3.05) is 25.1 Å². The normalized spacial score (nSPS) is 19.0. The van der Waals surface area contributed by atoms with Crippen molar-refractivity contribution in [3.63, 3.8) is 0 Å². The molecule has 1 unspecified atom stereocenters. The molecule has 25 heavy (non-hydrogen) atoms. The molecule has 0 spiro atoms. The zero-order valence-corrected chi connectivity index (χ0v) is 17.5. The molecule has 5 nitrogen and oxygen atoms in total. The second kappa shape index (κ2) is 7.87. The molecule has 1 saturated heterocycles. The number of pyridine rings is 1. The van der Waals surface area contributed by atoms with E-state index in [1.165, 1.54) is 7.11 Å². The number of carbonyl (C=O) groups is 1. The van der Waals surface area contributed by atoms with E-state index in [-0.39, 0.29) is 16.9 Å². The summed E-state index contributed by atoms with van der Waals surface area (Å²) in [7, 11) is -0.334. The van der Waals surface area contributed by atoms with E-state index in [2.05, 4.69) is 38.8 Å². The van der Waals surface area contributed by atoms with Crippen LogP contribution in [-0.2, 0) is 20.6 Å². The van der Waals surface area contributed by atoms with Crippen molar-refractivity contribution in [2.45, 2.75) is 58.4 Å². The van der Waals surface area contributed by atoms with Crippen LogP contribution in [0.5, 0.6) is 0 Å². The van der Waals surface area contributed by atoms with Crippen LogP contribution in [-0.4, -0.2) is 39.5 Å². The van der Waals surface area contributed by atoms with Gasteiger partial charge < -0.3 is 14.1 Å². The topological polar surface area (TPSA) is 51.7 Å². The monoisotopic (exact) mass is 364 g/mol. The summed E-state index contributed by atoms with van der Waals surface area (Å²) < 4.78 is 11.2. The van der Waals surface area contributed by atoms with Gasteiger partial charge in [-0.05, 0) is 43.1 Å². The van der Waals surface area contributed by atoms with Crippen molar-refractivity contribution in [3.8, 4) is 0 Å². The van der Waals surface area contributed by atoms with Crippen LogP contribution in [0.1, 0.15) is 39.3 Å². The lowest BCUT2D eigenvalue weighted by atomic mass is 9.98. The number of rotatable bonds is 5. The Morgan fingerprint density at radius 2 is 2.08 bits per heavy atom. The van der Waals surface area contributed by atoms with Gasteiger partial charge in [0.15, 0.2) is 8.32 Å². The predicted octanol–water partition coefficient (Wildman–Crippen LogP) is 3.99. The molecule has 0 N–H and O–H groups in total. The van der Waals surface area contributed by atoms with Crippen molar-refractivity contribution in [1.82, 2.24) is 4.98 Å². The van der Waals surface area contributed by atoms with Crippen molar-refractivity contribution in [3.05, 3.63) is 23.9 Å². The van der Waals surface area contributed by atoms with Gasteiger partial charge >= 0.3 is 5.97 Å². The van der Waals surface area contributed by atoms with Gasteiger partial charge in [-0.2, -0.15) is 0 Å². The summed E-state index contributed by atoms with van der Waals surface area (Å²) >= 11 is 0. The predicted molar refractivity (Wildman–Crippen MR) is 103 cm³/mol. The quantitative estimate of drug-likeness (QED) is 0.584. The zero-order chi connectivity index (χ0) is 18.7. The van der Waals surface area contributed by atoms with Gasteiger partial charge in [0, 0.05) is 13.1 Å². The number of esters is 1. The highest BCUT2D eigenvalue weighted by molar-refractivity contribution is 6.74. The first-order valence-corrected chi connectivity index (χ1v) is 12.0. The van der Waals surface area contributed by atoms with Crippen LogP contribution in [0.3, 0.4) is 0 Å². The Morgan fingerprint density at radius 3 is 2.72 bits per heavy atom. The van der Waals surface area contributed by atoms with E-state index in [1.807, 2.05) is 18.2 Å². The Kier molecular flexibility index (Phi) is 6.27. The van der Waals surface area contributed by atoms with E-state index in [0.717, 1.165) is 30.9 Å². The maximum absolute atomic E-state index is 11.8. The highest BCUT2D eigenvalue weighted by atomic mass is 28.4. The fourth-order valence-corrected chi connectivity index (χ4v) is 3.68. The molecule has 0 radical (unpaired) electrons. The minimum absolute atomic E-state index is 0.0623. The van der Waals surface area contributed by atoms with E-state index in [0.29, 0.717) is 13.2 Å². The molecule has 2 heterocycles. The molecule has 1 aliphatic heterocycles. The van der Waals surface area contributed by atoms with Gasteiger partial charge in [-0.15, -0.1) is 0 Å². The first kappa shape index (κ1) is 19.9. The standard InChI is InChI=1S/C19H32N2O3Si/c1-19(2,3)25(5,6)24-14-16-10-7-11-17(20-16)21-12-8-9-15(13-21)18(22)23-4/h7,10-11,15H,8-9,12-14H2,1-6H3. The largest absolute Gasteiger partial charge is 0.469 e. The highest BCUT2D eigenvalue weighted by Gasteiger charge is 2.37. The summed E-state index contributed by atoms with van der Waals surface area (Å²) in [6, 6.07) is 6.04. The Balaban J connectivity index is 2.05. The SMILES string of the molecule is COC(=O)C1CCCN(c2cccc(CO[Si](C)(C)C(C)(C)C)n2)C1. The Hall–Kier alpha value is -1.40. The lowest BCUT2D eigenvalue weighted by Crippen LogP contribution is -2.41. The van der Waals surface area contributed by atoms with Gasteiger partial charge in [-0.1, -0.05) is 26.8 Å². The minimum atomic E-state index is -1.79. The molecule has 0 saturated carbocycles. The molecule has 0 aromatic carbocycles. The summed E-state index contributed by atoms with van der Waals surface area (Å²) in [6.07, 6.45) is 1.86. The van der Waals surface area contributed by atoms with Crippen molar-refractivity contribution >= 4 is 20.1 Å². The molecule has 2 rings (SSSR count). The molecule has 0 amide bonds. The third kappa shape index (κ3) is 5.04. The number of carbonyl (C=O) groups excluding carboxylic acids is 1. The maximum atomic E-state index is 11.8. The molecule has 1 fully saturated rings. The summed E-state index contributed by atoms with van der Waals surface area (Å²) in [5, 5.41) is 0.186.